The summed E-state index contributed by atoms with van der Waals surface area (Å²) in [6, 6.07) is 9.27. The van der Waals surface area contributed by atoms with Crippen LogP contribution in [0.2, 0.25) is 0 Å². The average molecular weight is 427 g/mol. The Kier molecular flexibility index (Phi) is 5.28. The first-order valence-corrected chi connectivity index (χ1v) is 11.9. The molecule has 2 aliphatic rings. The van der Waals surface area contributed by atoms with Gasteiger partial charge in [-0.15, -0.1) is 11.3 Å². The second kappa shape index (κ2) is 8.05. The van der Waals surface area contributed by atoms with E-state index in [0.29, 0.717) is 17.3 Å². The van der Waals surface area contributed by atoms with E-state index in [9.17, 15) is 9.59 Å². The maximum Gasteiger partial charge on any atom is 0.263 e. The Bertz CT molecular complexity index is 1110. The standard InChI is InChI=1S/C22H22N2O3S2/c25-17(14-6-2-1-3-7-14)13-28-22-23-20-19(16-9-4-10-18(16)29-20)21(26)24(22)12-15-8-5-11-27-15/h1-3,6-7,15H,4-5,8-13H2. The highest BCUT2D eigenvalue weighted by Gasteiger charge is 2.25. The van der Waals surface area contributed by atoms with Crippen LogP contribution in [-0.2, 0) is 24.1 Å². The van der Waals surface area contributed by atoms with Gasteiger partial charge in [0.25, 0.3) is 5.56 Å². The predicted molar refractivity (Wildman–Crippen MR) is 116 cm³/mol. The lowest BCUT2D eigenvalue weighted by Gasteiger charge is -2.16. The van der Waals surface area contributed by atoms with Crippen LogP contribution >= 0.6 is 23.1 Å². The number of fused-ring (bicyclic) bond motifs is 3. The van der Waals surface area contributed by atoms with Gasteiger partial charge in [-0.3, -0.25) is 14.2 Å². The molecule has 1 atom stereocenters. The van der Waals surface area contributed by atoms with Gasteiger partial charge >= 0.3 is 0 Å². The van der Waals surface area contributed by atoms with Crippen LogP contribution in [0.4, 0.5) is 0 Å². The van der Waals surface area contributed by atoms with E-state index in [1.54, 1.807) is 15.9 Å². The van der Waals surface area contributed by atoms with Crippen molar-refractivity contribution in [3.05, 3.63) is 56.7 Å². The second-order valence-corrected chi connectivity index (χ2v) is 9.59. The number of aromatic nitrogens is 2. The van der Waals surface area contributed by atoms with E-state index in [0.717, 1.165) is 48.9 Å². The zero-order valence-electron chi connectivity index (χ0n) is 16.1. The van der Waals surface area contributed by atoms with Crippen molar-refractivity contribution in [2.75, 3.05) is 12.4 Å². The number of carbonyl (C=O) groups is 1. The largest absolute Gasteiger partial charge is 0.376 e. The monoisotopic (exact) mass is 426 g/mol. The van der Waals surface area contributed by atoms with E-state index in [1.807, 2.05) is 30.3 Å². The molecule has 0 radical (unpaired) electrons. The number of nitrogens with zero attached hydrogens (tertiary/aromatic N) is 2. The SMILES string of the molecule is O=C(CSc1nc2sc3c(c2c(=O)n1CC1CCCO1)CCC3)c1ccccc1. The summed E-state index contributed by atoms with van der Waals surface area (Å²) in [5.41, 5.74) is 1.91. The fourth-order valence-corrected chi connectivity index (χ4v) is 6.36. The zero-order valence-corrected chi connectivity index (χ0v) is 17.7. The quantitative estimate of drug-likeness (QED) is 0.337. The summed E-state index contributed by atoms with van der Waals surface area (Å²) in [6.07, 6.45) is 5.14. The minimum atomic E-state index is 0.0274. The molecule has 3 aromatic rings. The van der Waals surface area contributed by atoms with Gasteiger partial charge < -0.3 is 4.74 Å². The molecule has 2 aromatic heterocycles. The molecular weight excluding hydrogens is 404 g/mol. The van der Waals surface area contributed by atoms with Crippen LogP contribution in [0, 0.1) is 0 Å². The number of aryl methyl sites for hydroxylation is 2. The number of ether oxygens (including phenoxy) is 1. The van der Waals surface area contributed by atoms with Crippen molar-refractivity contribution < 1.29 is 9.53 Å². The van der Waals surface area contributed by atoms with Crippen molar-refractivity contribution in [3.63, 3.8) is 0 Å². The van der Waals surface area contributed by atoms with Gasteiger partial charge in [-0.05, 0) is 37.7 Å². The Morgan fingerprint density at radius 1 is 1.24 bits per heavy atom. The molecule has 150 valence electrons. The third-order valence-corrected chi connectivity index (χ3v) is 7.79. The smallest absolute Gasteiger partial charge is 0.263 e. The Morgan fingerprint density at radius 3 is 2.90 bits per heavy atom. The minimum Gasteiger partial charge on any atom is -0.376 e. The van der Waals surface area contributed by atoms with Gasteiger partial charge in [0.15, 0.2) is 10.9 Å². The van der Waals surface area contributed by atoms with Gasteiger partial charge in [0, 0.05) is 17.0 Å². The first-order chi connectivity index (χ1) is 14.2. The predicted octanol–water partition coefficient (Wildman–Crippen LogP) is 4.10. The van der Waals surface area contributed by atoms with Crippen LogP contribution in [-0.4, -0.2) is 33.8 Å². The van der Waals surface area contributed by atoms with E-state index >= 15 is 0 Å². The lowest BCUT2D eigenvalue weighted by molar-refractivity contribution is 0.0937. The molecule has 1 aromatic carbocycles. The van der Waals surface area contributed by atoms with Crippen molar-refractivity contribution in [1.29, 1.82) is 0 Å². The summed E-state index contributed by atoms with van der Waals surface area (Å²) in [7, 11) is 0. The van der Waals surface area contributed by atoms with E-state index < -0.39 is 0 Å². The Morgan fingerprint density at radius 2 is 2.10 bits per heavy atom. The topological polar surface area (TPSA) is 61.2 Å². The third kappa shape index (κ3) is 3.67. The number of thiophene rings is 1. The first kappa shape index (κ1) is 19.0. The van der Waals surface area contributed by atoms with Crippen LogP contribution in [0.25, 0.3) is 10.2 Å². The third-order valence-electron chi connectivity index (χ3n) is 5.63. The molecule has 1 aliphatic carbocycles. The molecule has 5 nitrogen and oxygen atoms in total. The van der Waals surface area contributed by atoms with Crippen LogP contribution in [0.5, 0.6) is 0 Å². The van der Waals surface area contributed by atoms with E-state index in [4.69, 9.17) is 9.72 Å². The number of hydrogen-bond donors (Lipinski definition) is 0. The lowest BCUT2D eigenvalue weighted by atomic mass is 10.2. The Hall–Kier alpha value is -1.96. The van der Waals surface area contributed by atoms with E-state index in [-0.39, 0.29) is 23.2 Å². The summed E-state index contributed by atoms with van der Waals surface area (Å²) in [5, 5.41) is 1.42. The van der Waals surface area contributed by atoms with Crippen LogP contribution in [0.3, 0.4) is 0 Å². The number of thioether (sulfide) groups is 1. The van der Waals surface area contributed by atoms with Crippen molar-refractivity contribution in [1.82, 2.24) is 9.55 Å². The summed E-state index contributed by atoms with van der Waals surface area (Å²) in [5.74, 6) is 0.306. The number of hydrogen-bond acceptors (Lipinski definition) is 6. The van der Waals surface area contributed by atoms with Crippen molar-refractivity contribution >= 4 is 39.1 Å². The lowest BCUT2D eigenvalue weighted by Crippen LogP contribution is -2.29. The molecule has 0 N–H and O–H groups in total. The van der Waals surface area contributed by atoms with E-state index in [2.05, 4.69) is 0 Å². The van der Waals surface area contributed by atoms with Crippen molar-refractivity contribution in [2.45, 2.75) is 49.9 Å². The van der Waals surface area contributed by atoms with E-state index in [1.165, 1.54) is 22.2 Å². The molecule has 29 heavy (non-hydrogen) atoms. The number of ketones is 1. The molecule has 7 heteroatoms. The molecule has 3 heterocycles. The Balaban J connectivity index is 1.50. The first-order valence-electron chi connectivity index (χ1n) is 10.1. The fraction of sp³-hybridized carbons (Fsp3) is 0.409. The average Bonchev–Trinajstić information content (AvgIpc) is 3.46. The molecule has 1 saturated heterocycles. The maximum absolute atomic E-state index is 13.4. The summed E-state index contributed by atoms with van der Waals surface area (Å²) in [6.45, 7) is 1.26. The maximum atomic E-state index is 13.4. The van der Waals surface area contributed by atoms with Crippen molar-refractivity contribution in [2.24, 2.45) is 0 Å². The molecular formula is C22H22N2O3S2. The second-order valence-electron chi connectivity index (χ2n) is 7.56. The fourth-order valence-electron chi connectivity index (χ4n) is 4.16. The number of rotatable bonds is 6. The van der Waals surface area contributed by atoms with Gasteiger partial charge in [0.1, 0.15) is 4.83 Å². The molecule has 1 unspecified atom stereocenters. The zero-order chi connectivity index (χ0) is 19.8. The molecule has 1 fully saturated rings. The van der Waals surface area contributed by atoms with Crippen LogP contribution < -0.4 is 5.56 Å². The highest BCUT2D eigenvalue weighted by atomic mass is 32.2. The van der Waals surface area contributed by atoms with Crippen LogP contribution in [0.1, 0.15) is 40.1 Å². The number of benzene rings is 1. The van der Waals surface area contributed by atoms with Gasteiger partial charge in [0.05, 0.1) is 23.8 Å². The molecule has 0 spiro atoms. The number of carbonyl (C=O) groups excluding carboxylic acids is 1. The summed E-state index contributed by atoms with van der Waals surface area (Å²) in [4.78, 5) is 33.0. The molecule has 1 aliphatic heterocycles. The van der Waals surface area contributed by atoms with Crippen LogP contribution in [0.15, 0.2) is 40.3 Å². The van der Waals surface area contributed by atoms with Gasteiger partial charge in [0.2, 0.25) is 0 Å². The van der Waals surface area contributed by atoms with Gasteiger partial charge in [-0.2, -0.15) is 0 Å². The molecule has 0 saturated carbocycles. The highest BCUT2D eigenvalue weighted by Crippen LogP contribution is 2.35. The highest BCUT2D eigenvalue weighted by molar-refractivity contribution is 7.99. The normalized spacial score (nSPS) is 18.4. The Labute approximate surface area is 177 Å². The minimum absolute atomic E-state index is 0.0274. The molecule has 0 bridgehead atoms. The number of Topliss-reactive ketones (excluding diaryl/α,β-unsaturated/α-hetero) is 1. The van der Waals surface area contributed by atoms with Crippen molar-refractivity contribution in [3.8, 4) is 0 Å². The summed E-state index contributed by atoms with van der Waals surface area (Å²) >= 11 is 3.00. The van der Waals surface area contributed by atoms with Gasteiger partial charge in [-0.25, -0.2) is 4.98 Å². The molecule has 0 amide bonds. The molecule has 5 rings (SSSR count). The summed E-state index contributed by atoms with van der Waals surface area (Å²) < 4.78 is 7.54. The van der Waals surface area contributed by atoms with Gasteiger partial charge in [-0.1, -0.05) is 42.1 Å².